The molecule has 10 aromatic rings. The van der Waals surface area contributed by atoms with Crippen molar-refractivity contribution in [3.05, 3.63) is 153 Å². The molecule has 0 atom stereocenters. The third kappa shape index (κ3) is 5.94. The molecule has 0 aliphatic carbocycles. The molecule has 8 heterocycles. The predicted molar refractivity (Wildman–Crippen MR) is 200 cm³/mol. The molecule has 0 aliphatic rings. The Morgan fingerprint density at radius 2 is 1.02 bits per heavy atom. The number of pyridine rings is 4. The minimum atomic E-state index is -0.293. The molecular weight excluding hydrogens is 687 g/mol. The molecule has 0 saturated carbocycles. The van der Waals surface area contributed by atoms with Gasteiger partial charge in [0.05, 0.1) is 53.6 Å². The topological polar surface area (TPSA) is 151 Å². The molecule has 260 valence electrons. The van der Waals surface area contributed by atoms with E-state index in [9.17, 15) is 8.78 Å². The number of rotatable bonds is 6. The first-order chi connectivity index (χ1) is 26.6. The van der Waals surface area contributed by atoms with Crippen LogP contribution in [0.2, 0.25) is 0 Å². The van der Waals surface area contributed by atoms with Crippen molar-refractivity contribution in [2.24, 2.45) is 0 Å². The zero-order chi connectivity index (χ0) is 36.4. The van der Waals surface area contributed by atoms with E-state index in [4.69, 9.17) is 14.4 Å². The molecule has 13 heteroatoms. The van der Waals surface area contributed by atoms with E-state index in [2.05, 4.69) is 40.3 Å². The minimum Gasteiger partial charge on any atom is -0.464 e. The normalized spacial score (nSPS) is 11.1. The summed E-state index contributed by atoms with van der Waals surface area (Å²) in [5.41, 5.74) is 10.7. The molecule has 11 nitrogen and oxygen atoms in total. The third-order valence-corrected chi connectivity index (χ3v) is 8.91. The van der Waals surface area contributed by atoms with Crippen LogP contribution in [0, 0.1) is 11.6 Å². The summed E-state index contributed by atoms with van der Waals surface area (Å²) in [7, 11) is 0. The number of imidazole rings is 1. The Morgan fingerprint density at radius 1 is 0.500 bits per heavy atom. The molecule has 3 N–H and O–H groups in total. The molecule has 8 aromatic heterocycles. The average molecular weight is 713 g/mol. The number of nitrogens with one attached hydrogen (secondary N) is 3. The SMILES string of the molecule is Fc1ccc(-c2nc3[nH]ncc3c(-c3ccco3)c2-c2ccncc2)cc1.Fc1ccc(-c2nc3[nH]ncc3c(-c3cnc[nH]3)c2-c2ccncc2)cc1. The number of aromatic nitrogens is 10. The van der Waals surface area contributed by atoms with Gasteiger partial charge in [0, 0.05) is 63.6 Å². The number of furan rings is 1. The van der Waals surface area contributed by atoms with Gasteiger partial charge in [-0.1, -0.05) is 0 Å². The smallest absolute Gasteiger partial charge is 0.156 e. The lowest BCUT2D eigenvalue weighted by Gasteiger charge is -2.15. The third-order valence-electron chi connectivity index (χ3n) is 8.91. The second-order valence-corrected chi connectivity index (χ2v) is 12.1. The van der Waals surface area contributed by atoms with Crippen LogP contribution in [0.1, 0.15) is 0 Å². The van der Waals surface area contributed by atoms with Crippen molar-refractivity contribution < 1.29 is 13.2 Å². The second-order valence-electron chi connectivity index (χ2n) is 12.1. The summed E-state index contributed by atoms with van der Waals surface area (Å²) >= 11 is 0. The van der Waals surface area contributed by atoms with Crippen LogP contribution >= 0.6 is 0 Å². The van der Waals surface area contributed by atoms with Gasteiger partial charge in [0.2, 0.25) is 0 Å². The summed E-state index contributed by atoms with van der Waals surface area (Å²) in [6, 6.07) is 24.0. The van der Waals surface area contributed by atoms with E-state index in [-0.39, 0.29) is 11.6 Å². The Hall–Kier alpha value is -7.67. The molecular formula is C41H26F2N10O. The first-order valence-corrected chi connectivity index (χ1v) is 16.7. The second kappa shape index (κ2) is 13.8. The van der Waals surface area contributed by atoms with E-state index in [1.165, 1.54) is 24.3 Å². The van der Waals surface area contributed by atoms with Crippen molar-refractivity contribution in [2.75, 3.05) is 0 Å². The standard InChI is InChI=1S/C21H13FN4O.C20H13FN6/c22-15-5-3-14(4-6-15)20-18(13-7-9-23-10-8-13)19(17-2-1-11-27-17)16-12-24-26-21(16)25-20;21-14-3-1-13(2-4-14)19-17(12-5-7-22-8-6-12)18(16-10-23-11-24-16)15-9-25-27-20(15)26-19/h1-12H,(H,24,25,26);1-11H,(H,23,24)(H,25,26,27). The quantitative estimate of drug-likeness (QED) is 0.154. The van der Waals surface area contributed by atoms with Gasteiger partial charge in [-0.2, -0.15) is 10.2 Å². The Labute approximate surface area is 304 Å². The zero-order valence-corrected chi connectivity index (χ0v) is 28.1. The highest BCUT2D eigenvalue weighted by atomic mass is 19.1. The molecule has 0 bridgehead atoms. The monoisotopic (exact) mass is 712 g/mol. The van der Waals surface area contributed by atoms with Gasteiger partial charge in [0.15, 0.2) is 11.3 Å². The molecule has 10 rings (SSSR count). The van der Waals surface area contributed by atoms with E-state index < -0.39 is 0 Å². The highest BCUT2D eigenvalue weighted by Gasteiger charge is 2.23. The first-order valence-electron chi connectivity index (χ1n) is 16.7. The number of hydrogen-bond acceptors (Lipinski definition) is 8. The van der Waals surface area contributed by atoms with Crippen LogP contribution in [0.4, 0.5) is 8.78 Å². The molecule has 0 amide bonds. The average Bonchev–Trinajstić information content (AvgIpc) is 4.07. The number of halogens is 2. The molecule has 0 unspecified atom stereocenters. The van der Waals surface area contributed by atoms with Crippen LogP contribution in [-0.4, -0.2) is 50.3 Å². The van der Waals surface area contributed by atoms with Crippen molar-refractivity contribution in [3.8, 4) is 67.3 Å². The molecule has 0 saturated heterocycles. The number of H-pyrrole nitrogens is 3. The fourth-order valence-corrected chi connectivity index (χ4v) is 6.52. The van der Waals surface area contributed by atoms with Gasteiger partial charge in [-0.15, -0.1) is 0 Å². The maximum Gasteiger partial charge on any atom is 0.156 e. The maximum atomic E-state index is 13.5. The van der Waals surface area contributed by atoms with E-state index in [1.54, 1.807) is 80.2 Å². The van der Waals surface area contributed by atoms with Crippen molar-refractivity contribution in [1.82, 2.24) is 50.3 Å². The van der Waals surface area contributed by atoms with Crippen LogP contribution in [0.25, 0.3) is 89.4 Å². The lowest BCUT2D eigenvalue weighted by atomic mass is 9.92. The number of nitrogens with zero attached hydrogens (tertiary/aromatic N) is 7. The summed E-state index contributed by atoms with van der Waals surface area (Å²) in [4.78, 5) is 25.2. The number of aromatic amines is 3. The lowest BCUT2D eigenvalue weighted by Crippen LogP contribution is -1.96. The van der Waals surface area contributed by atoms with Crippen LogP contribution in [-0.2, 0) is 0 Å². The first kappa shape index (κ1) is 32.3. The molecule has 0 aliphatic heterocycles. The molecule has 2 aromatic carbocycles. The van der Waals surface area contributed by atoms with Gasteiger partial charge in [-0.3, -0.25) is 20.2 Å². The number of fused-ring (bicyclic) bond motifs is 2. The Morgan fingerprint density at radius 3 is 1.50 bits per heavy atom. The van der Waals surface area contributed by atoms with Crippen LogP contribution in [0.3, 0.4) is 0 Å². The largest absolute Gasteiger partial charge is 0.464 e. The van der Waals surface area contributed by atoms with E-state index >= 15 is 0 Å². The fraction of sp³-hybridized carbons (Fsp3) is 0. The van der Waals surface area contributed by atoms with Crippen molar-refractivity contribution in [1.29, 1.82) is 0 Å². The van der Waals surface area contributed by atoms with Gasteiger partial charge in [0.1, 0.15) is 17.4 Å². The molecule has 0 radical (unpaired) electrons. The highest BCUT2D eigenvalue weighted by Crippen LogP contribution is 2.44. The van der Waals surface area contributed by atoms with E-state index in [1.807, 2.05) is 36.4 Å². The number of hydrogen-bond donors (Lipinski definition) is 3. The number of benzene rings is 2. The molecule has 0 fully saturated rings. The van der Waals surface area contributed by atoms with Gasteiger partial charge < -0.3 is 9.40 Å². The van der Waals surface area contributed by atoms with E-state index in [0.29, 0.717) is 22.7 Å². The zero-order valence-electron chi connectivity index (χ0n) is 28.1. The lowest BCUT2D eigenvalue weighted by molar-refractivity contribution is 0.583. The summed E-state index contributed by atoms with van der Waals surface area (Å²) in [6.45, 7) is 0. The summed E-state index contributed by atoms with van der Waals surface area (Å²) < 4.78 is 32.7. The van der Waals surface area contributed by atoms with Gasteiger partial charge in [0.25, 0.3) is 0 Å². The Kier molecular flexibility index (Phi) is 8.24. The summed E-state index contributed by atoms with van der Waals surface area (Å²) in [6.07, 6.45) is 15.5. The van der Waals surface area contributed by atoms with Crippen molar-refractivity contribution in [3.63, 3.8) is 0 Å². The maximum absolute atomic E-state index is 13.5. The van der Waals surface area contributed by atoms with Gasteiger partial charge >= 0.3 is 0 Å². The van der Waals surface area contributed by atoms with Crippen molar-refractivity contribution >= 4 is 22.1 Å². The van der Waals surface area contributed by atoms with Gasteiger partial charge in [-0.05, 0) is 96.1 Å². The highest BCUT2D eigenvalue weighted by molar-refractivity contribution is 6.06. The summed E-state index contributed by atoms with van der Waals surface area (Å²) in [5, 5.41) is 15.9. The predicted octanol–water partition coefficient (Wildman–Crippen LogP) is 9.30. The van der Waals surface area contributed by atoms with Gasteiger partial charge in [-0.25, -0.2) is 23.7 Å². The fourth-order valence-electron chi connectivity index (χ4n) is 6.52. The molecule has 0 spiro atoms. The van der Waals surface area contributed by atoms with Crippen molar-refractivity contribution in [2.45, 2.75) is 0 Å². The minimum absolute atomic E-state index is 0.291. The summed E-state index contributed by atoms with van der Waals surface area (Å²) in [5.74, 6) is 0.123. The van der Waals surface area contributed by atoms with E-state index in [0.717, 1.165) is 66.7 Å². The Bertz CT molecular complexity index is 2620. The molecule has 54 heavy (non-hydrogen) atoms. The van der Waals surface area contributed by atoms with Crippen LogP contribution in [0.15, 0.2) is 145 Å². The van der Waals surface area contributed by atoms with Crippen LogP contribution < -0.4 is 0 Å². The van der Waals surface area contributed by atoms with Crippen LogP contribution in [0.5, 0.6) is 0 Å². The Balaban J connectivity index is 0.000000142.